The number of guanidine groups is 1. The van der Waals surface area contributed by atoms with Gasteiger partial charge in [-0.1, -0.05) is 12.1 Å². The van der Waals surface area contributed by atoms with Crippen molar-refractivity contribution in [2.75, 3.05) is 46.4 Å². The predicted molar refractivity (Wildman–Crippen MR) is 112 cm³/mol. The average molecular weight is 391 g/mol. The number of nitrogens with zero attached hydrogens (tertiary/aromatic N) is 2. The van der Waals surface area contributed by atoms with Gasteiger partial charge >= 0.3 is 0 Å². The number of ether oxygens (including phenoxy) is 2. The van der Waals surface area contributed by atoms with Crippen molar-refractivity contribution in [3.8, 4) is 5.75 Å². The van der Waals surface area contributed by atoms with E-state index in [1.807, 2.05) is 29.2 Å². The molecule has 156 valence electrons. The van der Waals surface area contributed by atoms with E-state index in [9.17, 15) is 4.79 Å². The zero-order valence-electron chi connectivity index (χ0n) is 17.2. The number of benzene rings is 1. The van der Waals surface area contributed by atoms with Crippen molar-refractivity contribution >= 4 is 11.9 Å². The van der Waals surface area contributed by atoms with E-state index in [1.54, 1.807) is 7.11 Å². The maximum Gasteiger partial charge on any atom is 0.222 e. The summed E-state index contributed by atoms with van der Waals surface area (Å²) in [5.41, 5.74) is 1.14. The lowest BCUT2D eigenvalue weighted by Gasteiger charge is -2.15. The van der Waals surface area contributed by atoms with E-state index in [-0.39, 0.29) is 5.91 Å². The number of carbonyl (C=O) groups excluding carboxylic acids is 1. The fourth-order valence-electron chi connectivity index (χ4n) is 3.03. The number of amides is 1. The molecule has 0 aliphatic carbocycles. The van der Waals surface area contributed by atoms with Crippen LogP contribution in [-0.2, 0) is 16.1 Å². The Morgan fingerprint density at radius 3 is 2.71 bits per heavy atom. The maximum atomic E-state index is 11.6. The number of hydrogen-bond acceptors (Lipinski definition) is 4. The fourth-order valence-corrected chi connectivity index (χ4v) is 3.03. The van der Waals surface area contributed by atoms with Crippen molar-refractivity contribution in [3.63, 3.8) is 0 Å². The molecule has 1 heterocycles. The van der Waals surface area contributed by atoms with Gasteiger partial charge in [-0.2, -0.15) is 0 Å². The van der Waals surface area contributed by atoms with Crippen LogP contribution >= 0.6 is 0 Å². The molecule has 1 aromatic carbocycles. The number of hydrogen-bond donors (Lipinski definition) is 2. The lowest BCUT2D eigenvalue weighted by molar-refractivity contribution is -0.127. The molecule has 2 N–H and O–H groups in total. The van der Waals surface area contributed by atoms with Gasteiger partial charge in [0.25, 0.3) is 0 Å². The van der Waals surface area contributed by atoms with Crippen LogP contribution in [0.25, 0.3) is 0 Å². The molecule has 1 amide bonds. The van der Waals surface area contributed by atoms with E-state index in [1.165, 1.54) is 0 Å². The van der Waals surface area contributed by atoms with Crippen LogP contribution in [0, 0.1) is 0 Å². The molecule has 0 unspecified atom stereocenters. The molecule has 0 spiro atoms. The van der Waals surface area contributed by atoms with Gasteiger partial charge in [0.1, 0.15) is 5.75 Å². The Morgan fingerprint density at radius 1 is 1.21 bits per heavy atom. The van der Waals surface area contributed by atoms with Crippen molar-refractivity contribution in [3.05, 3.63) is 29.8 Å². The third-order valence-electron chi connectivity index (χ3n) is 4.56. The lowest BCUT2D eigenvalue weighted by Crippen LogP contribution is -2.38. The van der Waals surface area contributed by atoms with Gasteiger partial charge in [0.2, 0.25) is 5.91 Å². The van der Waals surface area contributed by atoms with Crippen LogP contribution in [0.5, 0.6) is 5.75 Å². The minimum atomic E-state index is 0.281. The molecule has 0 aromatic heterocycles. The summed E-state index contributed by atoms with van der Waals surface area (Å²) in [7, 11) is 1.66. The summed E-state index contributed by atoms with van der Waals surface area (Å²) >= 11 is 0. The Kier molecular flexibility index (Phi) is 10.2. The molecule has 0 saturated carbocycles. The molecule has 1 saturated heterocycles. The van der Waals surface area contributed by atoms with Crippen LogP contribution in [0.15, 0.2) is 29.3 Å². The highest BCUT2D eigenvalue weighted by molar-refractivity contribution is 5.79. The van der Waals surface area contributed by atoms with Crippen LogP contribution in [0.2, 0.25) is 0 Å². The summed E-state index contributed by atoms with van der Waals surface area (Å²) < 4.78 is 10.9. The summed E-state index contributed by atoms with van der Waals surface area (Å²) in [6.45, 7) is 7.40. The first kappa shape index (κ1) is 22.0. The minimum Gasteiger partial charge on any atom is -0.497 e. The van der Waals surface area contributed by atoms with Gasteiger partial charge in [-0.05, 0) is 43.9 Å². The normalized spacial score (nSPS) is 14.4. The van der Waals surface area contributed by atoms with E-state index in [0.717, 1.165) is 62.7 Å². The number of aliphatic imine (C=N–C) groups is 1. The molecular formula is C21H34N4O3. The Labute approximate surface area is 168 Å². The minimum absolute atomic E-state index is 0.281. The van der Waals surface area contributed by atoms with Gasteiger partial charge in [-0.3, -0.25) is 9.79 Å². The van der Waals surface area contributed by atoms with Crippen molar-refractivity contribution in [1.82, 2.24) is 15.5 Å². The largest absolute Gasteiger partial charge is 0.497 e. The molecule has 7 nitrogen and oxygen atoms in total. The fraction of sp³-hybridized carbons (Fsp3) is 0.619. The smallest absolute Gasteiger partial charge is 0.222 e. The van der Waals surface area contributed by atoms with E-state index < -0.39 is 0 Å². The quantitative estimate of drug-likeness (QED) is 0.325. The van der Waals surface area contributed by atoms with Crippen molar-refractivity contribution in [2.24, 2.45) is 4.99 Å². The Morgan fingerprint density at radius 2 is 2.04 bits per heavy atom. The van der Waals surface area contributed by atoms with Crippen molar-refractivity contribution < 1.29 is 14.3 Å². The molecule has 1 aliphatic heterocycles. The molecule has 1 aliphatic rings. The van der Waals surface area contributed by atoms with Crippen LogP contribution < -0.4 is 15.4 Å². The van der Waals surface area contributed by atoms with Gasteiger partial charge < -0.3 is 25.0 Å². The number of methoxy groups -OCH3 is 1. The highest BCUT2D eigenvalue weighted by Crippen LogP contribution is 2.12. The van der Waals surface area contributed by atoms with Crippen molar-refractivity contribution in [2.45, 2.75) is 39.2 Å². The first-order chi connectivity index (χ1) is 13.7. The number of carbonyl (C=O) groups is 1. The summed E-state index contributed by atoms with van der Waals surface area (Å²) in [5, 5.41) is 6.59. The molecule has 7 heteroatoms. The van der Waals surface area contributed by atoms with E-state index in [4.69, 9.17) is 9.47 Å². The van der Waals surface area contributed by atoms with Gasteiger partial charge in [0.15, 0.2) is 5.96 Å². The van der Waals surface area contributed by atoms with E-state index in [0.29, 0.717) is 26.2 Å². The lowest BCUT2D eigenvalue weighted by atomic mass is 10.2. The zero-order valence-corrected chi connectivity index (χ0v) is 17.2. The summed E-state index contributed by atoms with van der Waals surface area (Å²) in [6, 6.07) is 7.92. The summed E-state index contributed by atoms with van der Waals surface area (Å²) in [6.07, 6.45) is 3.50. The van der Waals surface area contributed by atoms with Crippen LogP contribution in [-0.4, -0.2) is 63.2 Å². The Hall–Kier alpha value is -2.28. The van der Waals surface area contributed by atoms with Crippen molar-refractivity contribution in [1.29, 1.82) is 0 Å². The molecule has 2 rings (SSSR count). The van der Waals surface area contributed by atoms with E-state index in [2.05, 4.69) is 22.5 Å². The maximum absolute atomic E-state index is 11.6. The van der Waals surface area contributed by atoms with Crippen LogP contribution in [0.3, 0.4) is 0 Å². The van der Waals surface area contributed by atoms with Crippen LogP contribution in [0.4, 0.5) is 0 Å². The second-order valence-corrected chi connectivity index (χ2v) is 6.78. The molecule has 0 radical (unpaired) electrons. The third kappa shape index (κ3) is 8.17. The van der Waals surface area contributed by atoms with Crippen LogP contribution in [0.1, 0.15) is 38.2 Å². The summed E-state index contributed by atoms with van der Waals surface area (Å²) in [4.78, 5) is 18.1. The molecule has 0 atom stereocenters. The van der Waals surface area contributed by atoms with Gasteiger partial charge in [-0.15, -0.1) is 0 Å². The second kappa shape index (κ2) is 13.0. The predicted octanol–water partition coefficient (Wildman–Crippen LogP) is 2.17. The number of nitrogens with one attached hydrogen (secondary N) is 2. The van der Waals surface area contributed by atoms with Gasteiger partial charge in [0, 0.05) is 45.8 Å². The zero-order chi connectivity index (χ0) is 20.0. The topological polar surface area (TPSA) is 75.2 Å². The van der Waals surface area contributed by atoms with E-state index >= 15 is 0 Å². The Bertz CT molecular complexity index is 604. The third-order valence-corrected chi connectivity index (χ3v) is 4.56. The van der Waals surface area contributed by atoms with Gasteiger partial charge in [0.05, 0.1) is 13.7 Å². The molecule has 0 bridgehead atoms. The molecule has 1 aromatic rings. The standard InChI is InChI=1S/C21H34N4O3/c1-3-22-21(23-12-5-15-25-14-4-7-20(25)26)24-13-6-16-28-17-18-8-10-19(27-2)11-9-18/h8-11H,3-7,12-17H2,1-2H3,(H2,22,23,24). The summed E-state index contributed by atoms with van der Waals surface area (Å²) in [5.74, 6) is 1.96. The second-order valence-electron chi connectivity index (χ2n) is 6.78. The monoisotopic (exact) mass is 390 g/mol. The highest BCUT2D eigenvalue weighted by Gasteiger charge is 2.18. The molecular weight excluding hydrogens is 356 g/mol. The highest BCUT2D eigenvalue weighted by atomic mass is 16.5. The van der Waals surface area contributed by atoms with Gasteiger partial charge in [-0.25, -0.2) is 0 Å². The first-order valence-corrected chi connectivity index (χ1v) is 10.2. The number of likely N-dealkylation sites (tertiary alicyclic amines) is 1. The number of rotatable bonds is 12. The molecule has 1 fully saturated rings. The Balaban J connectivity index is 1.56. The SMILES string of the molecule is CCNC(=NCCCN1CCCC1=O)NCCCOCc1ccc(OC)cc1. The molecule has 28 heavy (non-hydrogen) atoms. The average Bonchev–Trinajstić information content (AvgIpc) is 3.13. The first-order valence-electron chi connectivity index (χ1n) is 10.2.